The van der Waals surface area contributed by atoms with Crippen molar-refractivity contribution in [1.82, 2.24) is 10.8 Å². The van der Waals surface area contributed by atoms with Gasteiger partial charge in [0.05, 0.1) is 0 Å². The zero-order valence-corrected chi connectivity index (χ0v) is 14.1. The van der Waals surface area contributed by atoms with E-state index in [9.17, 15) is 19.1 Å². The normalized spacial score (nSPS) is 14.2. The van der Waals surface area contributed by atoms with Gasteiger partial charge in [-0.1, -0.05) is 24.3 Å². The Morgan fingerprint density at radius 2 is 1.62 bits per heavy atom. The van der Waals surface area contributed by atoms with Gasteiger partial charge < -0.3 is 16.2 Å². The van der Waals surface area contributed by atoms with Gasteiger partial charge in [-0.3, -0.25) is 14.8 Å². The number of anilines is 1. The third-order valence-corrected chi connectivity index (χ3v) is 3.93. The quantitative estimate of drug-likeness (QED) is 0.301. The summed E-state index contributed by atoms with van der Waals surface area (Å²) in [5.74, 6) is -1.82. The molecule has 0 aliphatic rings. The van der Waals surface area contributed by atoms with E-state index in [-0.39, 0.29) is 5.56 Å². The molecule has 0 bridgehead atoms. The smallest absolute Gasteiger partial charge is 0.268 e. The molecule has 0 aromatic heterocycles. The largest absolute Gasteiger partial charge is 0.399 e. The Hall–Kier alpha value is -2.97. The van der Waals surface area contributed by atoms with Gasteiger partial charge in [-0.25, -0.2) is 9.87 Å². The van der Waals surface area contributed by atoms with Crippen LogP contribution in [0.15, 0.2) is 48.5 Å². The Balaban J connectivity index is 2.18. The number of aliphatic hydroxyl groups is 1. The molecule has 0 unspecified atom stereocenters. The Kier molecular flexibility index (Phi) is 5.91. The summed E-state index contributed by atoms with van der Waals surface area (Å²) in [6.45, 7) is -0.251. The molecule has 0 saturated heterocycles. The van der Waals surface area contributed by atoms with Crippen LogP contribution in [0.5, 0.6) is 0 Å². The fraction of sp³-hybridized carbons (Fsp3) is 0.222. The molecular weight excluding hydrogens is 341 g/mol. The maximum absolute atomic E-state index is 13.0. The van der Waals surface area contributed by atoms with Gasteiger partial charge in [-0.15, -0.1) is 0 Å². The van der Waals surface area contributed by atoms with Gasteiger partial charge in [-0.2, -0.15) is 0 Å². The van der Waals surface area contributed by atoms with Gasteiger partial charge in [-0.05, 0) is 42.3 Å². The topological polar surface area (TPSA) is 125 Å². The molecular formula is C18H20FN3O4. The SMILES string of the molecule is C[C@@](O)(CF)[C@H](NC(=O)c1ccc(-c2ccc(N)cc2)cc1)C(=O)NO. The Labute approximate surface area is 149 Å². The van der Waals surface area contributed by atoms with Crippen molar-refractivity contribution in [3.05, 3.63) is 54.1 Å². The minimum absolute atomic E-state index is 0.203. The number of hydrogen-bond acceptors (Lipinski definition) is 5. The molecule has 2 amide bonds. The Morgan fingerprint density at radius 3 is 2.08 bits per heavy atom. The van der Waals surface area contributed by atoms with E-state index in [2.05, 4.69) is 5.32 Å². The average molecular weight is 361 g/mol. The lowest BCUT2D eigenvalue weighted by molar-refractivity contribution is -0.138. The number of nitrogen functional groups attached to an aromatic ring is 1. The van der Waals surface area contributed by atoms with E-state index in [1.807, 2.05) is 12.1 Å². The van der Waals surface area contributed by atoms with Gasteiger partial charge in [0.15, 0.2) is 0 Å². The molecule has 0 radical (unpaired) electrons. The summed E-state index contributed by atoms with van der Waals surface area (Å²) in [5.41, 5.74) is 7.38. The predicted molar refractivity (Wildman–Crippen MR) is 94.1 cm³/mol. The lowest BCUT2D eigenvalue weighted by Crippen LogP contribution is -2.59. The molecule has 6 N–H and O–H groups in total. The zero-order valence-electron chi connectivity index (χ0n) is 14.1. The first-order valence-electron chi connectivity index (χ1n) is 7.77. The standard InChI is InChI=1S/C18H20FN3O4/c1-18(25,10-19)15(17(24)22-26)21-16(23)13-4-2-11(3-5-13)12-6-8-14(20)9-7-12/h2-9,15,25-26H,10,20H2,1H3,(H,21,23)(H,22,24)/t15-,18-/m1/s1. The van der Waals surface area contributed by atoms with Crippen LogP contribution < -0.4 is 16.5 Å². The van der Waals surface area contributed by atoms with Crippen molar-refractivity contribution < 1.29 is 24.3 Å². The number of amides is 2. The van der Waals surface area contributed by atoms with E-state index >= 15 is 0 Å². The maximum atomic E-state index is 13.0. The number of carbonyl (C=O) groups excluding carboxylic acids is 2. The van der Waals surface area contributed by atoms with Crippen molar-refractivity contribution in [3.63, 3.8) is 0 Å². The van der Waals surface area contributed by atoms with Crippen LogP contribution in [-0.2, 0) is 4.79 Å². The van der Waals surface area contributed by atoms with Crippen molar-refractivity contribution in [3.8, 4) is 11.1 Å². The minimum atomic E-state index is -2.17. The molecule has 2 aromatic rings. The molecule has 0 spiro atoms. The monoisotopic (exact) mass is 361 g/mol. The van der Waals surface area contributed by atoms with Gasteiger partial charge >= 0.3 is 0 Å². The van der Waals surface area contributed by atoms with Crippen LogP contribution in [0.1, 0.15) is 17.3 Å². The van der Waals surface area contributed by atoms with E-state index in [0.29, 0.717) is 5.69 Å². The highest BCUT2D eigenvalue weighted by Crippen LogP contribution is 2.21. The molecule has 2 atom stereocenters. The molecule has 0 aliphatic carbocycles. The highest BCUT2D eigenvalue weighted by atomic mass is 19.1. The van der Waals surface area contributed by atoms with E-state index in [0.717, 1.165) is 18.1 Å². The van der Waals surface area contributed by atoms with E-state index in [1.54, 1.807) is 24.3 Å². The first-order chi connectivity index (χ1) is 12.3. The molecule has 7 nitrogen and oxygen atoms in total. The number of rotatable bonds is 6. The van der Waals surface area contributed by atoms with Crippen LogP contribution in [0, 0.1) is 0 Å². The number of halogens is 1. The zero-order chi connectivity index (χ0) is 19.3. The number of nitrogens with one attached hydrogen (secondary N) is 2. The second kappa shape index (κ2) is 7.94. The van der Waals surface area contributed by atoms with Gasteiger partial charge in [0.2, 0.25) is 0 Å². The molecule has 26 heavy (non-hydrogen) atoms. The van der Waals surface area contributed by atoms with Crippen LogP contribution in [0.25, 0.3) is 11.1 Å². The predicted octanol–water partition coefficient (Wildman–Crippen LogP) is 1.26. The second-order valence-electron chi connectivity index (χ2n) is 6.07. The number of benzene rings is 2. The van der Waals surface area contributed by atoms with Crippen molar-refractivity contribution >= 4 is 17.5 Å². The van der Waals surface area contributed by atoms with Crippen LogP contribution in [0.3, 0.4) is 0 Å². The minimum Gasteiger partial charge on any atom is -0.399 e. The number of nitrogens with two attached hydrogens (primary N) is 1. The fourth-order valence-electron chi connectivity index (χ4n) is 2.35. The lowest BCUT2D eigenvalue weighted by Gasteiger charge is -2.29. The third-order valence-electron chi connectivity index (χ3n) is 3.93. The van der Waals surface area contributed by atoms with Gasteiger partial charge in [0, 0.05) is 11.3 Å². The van der Waals surface area contributed by atoms with Gasteiger partial charge in [0.1, 0.15) is 18.3 Å². The summed E-state index contributed by atoms with van der Waals surface area (Å²) in [5, 5.41) is 20.9. The second-order valence-corrected chi connectivity index (χ2v) is 6.07. The molecule has 0 saturated carbocycles. The average Bonchev–Trinajstić information content (AvgIpc) is 2.66. The maximum Gasteiger partial charge on any atom is 0.268 e. The number of alkyl halides is 1. The highest BCUT2D eigenvalue weighted by molar-refractivity contribution is 5.98. The van der Waals surface area contributed by atoms with Crippen LogP contribution in [0.2, 0.25) is 0 Å². The Bertz CT molecular complexity index is 776. The van der Waals surface area contributed by atoms with E-state index in [1.165, 1.54) is 17.6 Å². The van der Waals surface area contributed by atoms with Crippen LogP contribution >= 0.6 is 0 Å². The van der Waals surface area contributed by atoms with Crippen molar-refractivity contribution in [2.45, 2.75) is 18.6 Å². The Morgan fingerprint density at radius 1 is 1.12 bits per heavy atom. The molecule has 0 fully saturated rings. The summed E-state index contributed by atoms with van der Waals surface area (Å²) in [6.07, 6.45) is 0. The number of hydroxylamine groups is 1. The van der Waals surface area contributed by atoms with Crippen molar-refractivity contribution in [2.75, 3.05) is 12.4 Å². The molecule has 138 valence electrons. The van der Waals surface area contributed by atoms with Crippen molar-refractivity contribution in [2.24, 2.45) is 0 Å². The molecule has 2 rings (SSSR count). The molecule has 0 aliphatic heterocycles. The van der Waals surface area contributed by atoms with Crippen molar-refractivity contribution in [1.29, 1.82) is 0 Å². The van der Waals surface area contributed by atoms with Crippen LogP contribution in [0.4, 0.5) is 10.1 Å². The molecule has 2 aromatic carbocycles. The molecule has 0 heterocycles. The number of carbonyl (C=O) groups is 2. The highest BCUT2D eigenvalue weighted by Gasteiger charge is 2.39. The summed E-state index contributed by atoms with van der Waals surface area (Å²) in [7, 11) is 0. The first kappa shape index (κ1) is 19.4. The number of hydrogen-bond donors (Lipinski definition) is 5. The fourth-order valence-corrected chi connectivity index (χ4v) is 2.35. The van der Waals surface area contributed by atoms with E-state index in [4.69, 9.17) is 10.9 Å². The lowest BCUT2D eigenvalue weighted by atomic mass is 9.96. The van der Waals surface area contributed by atoms with Crippen LogP contribution in [-0.4, -0.2) is 40.4 Å². The summed E-state index contributed by atoms with van der Waals surface area (Å²) in [6, 6.07) is 12.0. The first-order valence-corrected chi connectivity index (χ1v) is 7.77. The summed E-state index contributed by atoms with van der Waals surface area (Å²) >= 11 is 0. The third kappa shape index (κ3) is 4.35. The van der Waals surface area contributed by atoms with Gasteiger partial charge in [0.25, 0.3) is 11.8 Å². The summed E-state index contributed by atoms with van der Waals surface area (Å²) < 4.78 is 13.0. The molecule has 8 heteroatoms. The summed E-state index contributed by atoms with van der Waals surface area (Å²) in [4.78, 5) is 23.9. The van der Waals surface area contributed by atoms with E-state index < -0.39 is 30.1 Å².